The third-order valence-corrected chi connectivity index (χ3v) is 7.15. The summed E-state index contributed by atoms with van der Waals surface area (Å²) in [6.07, 6.45) is 1.42. The van der Waals surface area contributed by atoms with Gasteiger partial charge >= 0.3 is 0 Å². The van der Waals surface area contributed by atoms with Gasteiger partial charge < -0.3 is 5.32 Å². The van der Waals surface area contributed by atoms with Crippen LogP contribution >= 0.6 is 23.4 Å². The molecule has 7 heteroatoms. The Hall–Kier alpha value is -0.720. The van der Waals surface area contributed by atoms with Gasteiger partial charge in [-0.2, -0.15) is 0 Å². The number of nitrogens with one attached hydrogen (secondary N) is 1. The Labute approximate surface area is 140 Å². The first kappa shape index (κ1) is 17.6. The summed E-state index contributed by atoms with van der Waals surface area (Å²) < 4.78 is 22.8. The van der Waals surface area contributed by atoms with E-state index in [1.807, 2.05) is 25.1 Å². The van der Waals surface area contributed by atoms with Gasteiger partial charge in [0, 0.05) is 10.3 Å². The molecular weight excluding hydrogens is 342 g/mol. The Morgan fingerprint density at radius 2 is 2.27 bits per heavy atom. The van der Waals surface area contributed by atoms with Gasteiger partial charge in [-0.3, -0.25) is 4.79 Å². The lowest BCUT2D eigenvalue weighted by Crippen LogP contribution is -2.30. The zero-order valence-electron chi connectivity index (χ0n) is 12.4. The molecule has 1 aliphatic rings. The van der Waals surface area contributed by atoms with Crippen molar-refractivity contribution in [3.63, 3.8) is 0 Å². The van der Waals surface area contributed by atoms with Gasteiger partial charge in [-0.25, -0.2) is 8.42 Å². The molecule has 1 saturated heterocycles. The number of carbonyl (C=O) groups excluding carboxylic acids is 1. The lowest BCUT2D eigenvalue weighted by atomic mass is 10.0. The molecule has 0 unspecified atom stereocenters. The van der Waals surface area contributed by atoms with Gasteiger partial charge in [0.25, 0.3) is 0 Å². The predicted octanol–water partition coefficient (Wildman–Crippen LogP) is 2.83. The molecule has 4 nitrogen and oxygen atoms in total. The fourth-order valence-corrected chi connectivity index (χ4v) is 6.12. The van der Waals surface area contributed by atoms with E-state index in [0.29, 0.717) is 11.4 Å². The molecular formula is C15H20ClNO3S2. The van der Waals surface area contributed by atoms with Crippen LogP contribution in [0.3, 0.4) is 0 Å². The zero-order valence-corrected chi connectivity index (χ0v) is 14.8. The van der Waals surface area contributed by atoms with Gasteiger partial charge in [-0.1, -0.05) is 30.7 Å². The van der Waals surface area contributed by atoms with Crippen molar-refractivity contribution in [3.8, 4) is 0 Å². The number of rotatable bonds is 6. The molecule has 2 rings (SSSR count). The summed E-state index contributed by atoms with van der Waals surface area (Å²) >= 11 is 7.41. The minimum absolute atomic E-state index is 0.0435. The molecule has 22 heavy (non-hydrogen) atoms. The first-order valence-corrected chi connectivity index (χ1v) is 10.5. The number of sulfone groups is 1. The van der Waals surface area contributed by atoms with Crippen LogP contribution in [0.2, 0.25) is 5.02 Å². The summed E-state index contributed by atoms with van der Waals surface area (Å²) in [5.41, 5.74) is 0.983. The van der Waals surface area contributed by atoms with Crippen LogP contribution in [0.15, 0.2) is 24.3 Å². The highest BCUT2D eigenvalue weighted by Crippen LogP contribution is 2.25. The lowest BCUT2D eigenvalue weighted by molar-refractivity contribution is -0.119. The summed E-state index contributed by atoms with van der Waals surface area (Å²) in [4.78, 5) is 12.1. The molecule has 2 atom stereocenters. The van der Waals surface area contributed by atoms with Crippen LogP contribution < -0.4 is 5.32 Å². The number of benzene rings is 1. The van der Waals surface area contributed by atoms with Crippen molar-refractivity contribution < 1.29 is 13.2 Å². The van der Waals surface area contributed by atoms with E-state index in [0.717, 1.165) is 12.0 Å². The molecule has 0 radical (unpaired) electrons. The quantitative estimate of drug-likeness (QED) is 0.846. The maximum atomic E-state index is 12.1. The van der Waals surface area contributed by atoms with Crippen LogP contribution in [0.4, 0.5) is 0 Å². The van der Waals surface area contributed by atoms with E-state index in [2.05, 4.69) is 5.32 Å². The average Bonchev–Trinajstić information content (AvgIpc) is 2.82. The van der Waals surface area contributed by atoms with Crippen LogP contribution in [-0.2, 0) is 14.6 Å². The maximum absolute atomic E-state index is 12.1. The molecule has 0 spiro atoms. The third-order valence-electron chi connectivity index (χ3n) is 3.64. The van der Waals surface area contributed by atoms with Gasteiger partial charge in [0.05, 0.1) is 23.3 Å². The molecule has 1 N–H and O–H groups in total. The summed E-state index contributed by atoms with van der Waals surface area (Å²) in [6, 6.07) is 7.39. The van der Waals surface area contributed by atoms with Crippen LogP contribution in [-0.4, -0.2) is 36.8 Å². The third kappa shape index (κ3) is 5.18. The molecule has 1 aromatic carbocycles. The van der Waals surface area contributed by atoms with Crippen LogP contribution in [0.25, 0.3) is 0 Å². The SMILES string of the molecule is CC[C@@H](NC(=O)CS[C@@H]1CCS(=O)(=O)C1)c1cccc(Cl)c1. The molecule has 122 valence electrons. The molecule has 0 bridgehead atoms. The Kier molecular flexibility index (Phi) is 6.17. The molecule has 1 fully saturated rings. The molecule has 1 amide bonds. The standard InChI is InChI=1S/C15H20ClNO3S2/c1-2-14(11-4-3-5-12(16)8-11)17-15(18)9-21-13-6-7-22(19,20)10-13/h3-5,8,13-14H,2,6-7,9-10H2,1H3,(H,17,18)/t13-,14-/m1/s1. The van der Waals surface area contributed by atoms with Crippen molar-refractivity contribution in [1.29, 1.82) is 0 Å². The smallest absolute Gasteiger partial charge is 0.230 e. The van der Waals surface area contributed by atoms with Crippen molar-refractivity contribution in [1.82, 2.24) is 5.32 Å². The Morgan fingerprint density at radius 3 is 2.86 bits per heavy atom. The van der Waals surface area contributed by atoms with E-state index in [1.165, 1.54) is 11.8 Å². The Balaban J connectivity index is 1.85. The number of amides is 1. The highest BCUT2D eigenvalue weighted by Gasteiger charge is 2.28. The van der Waals surface area contributed by atoms with Crippen molar-refractivity contribution in [2.75, 3.05) is 17.3 Å². The topological polar surface area (TPSA) is 63.2 Å². The highest BCUT2D eigenvalue weighted by atomic mass is 35.5. The van der Waals surface area contributed by atoms with Crippen molar-refractivity contribution in [2.45, 2.75) is 31.1 Å². The minimum Gasteiger partial charge on any atom is -0.349 e. The zero-order chi connectivity index (χ0) is 16.2. The second kappa shape index (κ2) is 7.70. The van der Waals surface area contributed by atoms with Gasteiger partial charge in [0.2, 0.25) is 5.91 Å². The predicted molar refractivity (Wildman–Crippen MR) is 92.1 cm³/mol. The summed E-state index contributed by atoms with van der Waals surface area (Å²) in [5.74, 6) is 0.654. The molecule has 1 heterocycles. The van der Waals surface area contributed by atoms with Crippen LogP contribution in [0.5, 0.6) is 0 Å². The molecule has 0 aromatic heterocycles. The molecule has 0 aliphatic carbocycles. The van der Waals surface area contributed by atoms with E-state index >= 15 is 0 Å². The number of thioether (sulfide) groups is 1. The normalized spacial score (nSPS) is 21.5. The second-order valence-corrected chi connectivity index (χ2v) is 9.37. The highest BCUT2D eigenvalue weighted by molar-refractivity contribution is 8.02. The molecule has 1 aliphatic heterocycles. The fraction of sp³-hybridized carbons (Fsp3) is 0.533. The van der Waals surface area contributed by atoms with Crippen LogP contribution in [0.1, 0.15) is 31.4 Å². The van der Waals surface area contributed by atoms with Crippen molar-refractivity contribution in [2.24, 2.45) is 0 Å². The van der Waals surface area contributed by atoms with E-state index in [9.17, 15) is 13.2 Å². The van der Waals surface area contributed by atoms with Gasteiger partial charge in [0.15, 0.2) is 9.84 Å². The number of halogens is 1. The van der Waals surface area contributed by atoms with Crippen LogP contribution in [0, 0.1) is 0 Å². The Morgan fingerprint density at radius 1 is 1.50 bits per heavy atom. The minimum atomic E-state index is -2.89. The van der Waals surface area contributed by atoms with Gasteiger partial charge in [-0.15, -0.1) is 11.8 Å². The monoisotopic (exact) mass is 361 g/mol. The maximum Gasteiger partial charge on any atom is 0.230 e. The van der Waals surface area contributed by atoms with Crippen molar-refractivity contribution >= 4 is 39.1 Å². The molecule has 1 aromatic rings. The summed E-state index contributed by atoms with van der Waals surface area (Å²) in [7, 11) is -2.89. The average molecular weight is 362 g/mol. The van der Waals surface area contributed by atoms with E-state index in [-0.39, 0.29) is 34.5 Å². The van der Waals surface area contributed by atoms with E-state index in [1.54, 1.807) is 6.07 Å². The Bertz CT molecular complexity index is 633. The van der Waals surface area contributed by atoms with E-state index < -0.39 is 9.84 Å². The second-order valence-electron chi connectivity index (χ2n) is 5.42. The largest absolute Gasteiger partial charge is 0.349 e. The van der Waals surface area contributed by atoms with Gasteiger partial charge in [0.1, 0.15) is 0 Å². The van der Waals surface area contributed by atoms with E-state index in [4.69, 9.17) is 11.6 Å². The summed E-state index contributed by atoms with van der Waals surface area (Å²) in [5, 5.41) is 3.68. The van der Waals surface area contributed by atoms with Crippen molar-refractivity contribution in [3.05, 3.63) is 34.9 Å². The fourth-order valence-electron chi connectivity index (χ4n) is 2.47. The van der Waals surface area contributed by atoms with Gasteiger partial charge in [-0.05, 0) is 30.5 Å². The first-order valence-electron chi connectivity index (χ1n) is 7.26. The number of hydrogen-bond donors (Lipinski definition) is 1. The number of carbonyl (C=O) groups is 1. The first-order chi connectivity index (χ1) is 10.4. The lowest BCUT2D eigenvalue weighted by Gasteiger charge is -2.18. The summed E-state index contributed by atoms with van der Waals surface area (Å²) in [6.45, 7) is 2.00. The molecule has 0 saturated carbocycles. The number of hydrogen-bond acceptors (Lipinski definition) is 4.